The van der Waals surface area contributed by atoms with Crippen LogP contribution < -0.4 is 9.47 Å². The Kier molecular flexibility index (Phi) is 5.13. The molecule has 2 aromatic rings. The number of nitrogens with zero attached hydrogens (tertiary/aromatic N) is 2. The Hall–Kier alpha value is -2.83. The van der Waals surface area contributed by atoms with E-state index in [1.165, 1.54) is 20.3 Å². The third-order valence-corrected chi connectivity index (χ3v) is 2.72. The number of rotatable bonds is 6. The number of hydrogen-bond donors (Lipinski definition) is 0. The van der Waals surface area contributed by atoms with E-state index in [9.17, 15) is 4.79 Å². The molecule has 7 heteroatoms. The summed E-state index contributed by atoms with van der Waals surface area (Å²) in [6, 6.07) is 5.27. The van der Waals surface area contributed by atoms with Crippen LogP contribution in [0.1, 0.15) is 17.3 Å². The summed E-state index contributed by atoms with van der Waals surface area (Å²) in [5.74, 6) is 1.57. The summed E-state index contributed by atoms with van der Waals surface area (Å²) in [5, 5.41) is 3.68. The zero-order valence-electron chi connectivity index (χ0n) is 12.5. The van der Waals surface area contributed by atoms with Crippen LogP contribution >= 0.6 is 0 Å². The first-order valence-corrected chi connectivity index (χ1v) is 6.48. The molecule has 0 aliphatic rings. The predicted octanol–water partition coefficient (Wildman–Crippen LogP) is 2.15. The Labute approximate surface area is 127 Å². The molecule has 0 fully saturated rings. The fourth-order valence-corrected chi connectivity index (χ4v) is 1.68. The summed E-state index contributed by atoms with van der Waals surface area (Å²) in [5.41, 5.74) is 0.781. The van der Waals surface area contributed by atoms with Crippen molar-refractivity contribution in [2.75, 3.05) is 14.2 Å². The second-order valence-electron chi connectivity index (χ2n) is 4.29. The van der Waals surface area contributed by atoms with Gasteiger partial charge in [-0.3, -0.25) is 0 Å². The first kappa shape index (κ1) is 15.6. The zero-order valence-corrected chi connectivity index (χ0v) is 12.5. The Morgan fingerprint density at radius 1 is 1.32 bits per heavy atom. The van der Waals surface area contributed by atoms with Gasteiger partial charge in [-0.25, -0.2) is 4.79 Å². The molecule has 0 bridgehead atoms. The Morgan fingerprint density at radius 3 is 2.77 bits per heavy atom. The van der Waals surface area contributed by atoms with E-state index < -0.39 is 5.97 Å². The van der Waals surface area contributed by atoms with E-state index in [0.717, 1.165) is 5.56 Å². The van der Waals surface area contributed by atoms with Crippen molar-refractivity contribution in [1.82, 2.24) is 10.1 Å². The second-order valence-corrected chi connectivity index (χ2v) is 4.29. The number of esters is 1. The SMILES string of the molecule is COC(=O)C=Cc1ccc(OCc2nc(C)no2)c(OC)c1. The molecule has 0 atom stereocenters. The molecule has 0 radical (unpaired) electrons. The first-order valence-electron chi connectivity index (χ1n) is 6.48. The van der Waals surface area contributed by atoms with Gasteiger partial charge in [0.25, 0.3) is 5.89 Å². The average molecular weight is 304 g/mol. The third-order valence-electron chi connectivity index (χ3n) is 2.72. The fourth-order valence-electron chi connectivity index (χ4n) is 1.68. The van der Waals surface area contributed by atoms with Crippen molar-refractivity contribution in [3.63, 3.8) is 0 Å². The number of ether oxygens (including phenoxy) is 3. The lowest BCUT2D eigenvalue weighted by Gasteiger charge is -2.09. The van der Waals surface area contributed by atoms with Crippen molar-refractivity contribution in [3.05, 3.63) is 41.6 Å². The minimum Gasteiger partial charge on any atom is -0.493 e. The number of aryl methyl sites for hydroxylation is 1. The number of methoxy groups -OCH3 is 2. The van der Waals surface area contributed by atoms with E-state index in [1.54, 1.807) is 31.2 Å². The molecule has 0 saturated carbocycles. The maximum absolute atomic E-state index is 11.1. The third kappa shape index (κ3) is 4.08. The van der Waals surface area contributed by atoms with E-state index in [0.29, 0.717) is 23.2 Å². The molecule has 0 aliphatic heterocycles. The van der Waals surface area contributed by atoms with Crippen molar-refractivity contribution in [3.8, 4) is 11.5 Å². The fraction of sp³-hybridized carbons (Fsp3) is 0.267. The zero-order chi connectivity index (χ0) is 15.9. The monoisotopic (exact) mass is 304 g/mol. The Bertz CT molecular complexity index is 678. The van der Waals surface area contributed by atoms with Gasteiger partial charge in [0.05, 0.1) is 14.2 Å². The number of benzene rings is 1. The molecule has 2 rings (SSSR count). The van der Waals surface area contributed by atoms with Crippen LogP contribution in [-0.4, -0.2) is 30.3 Å². The van der Waals surface area contributed by atoms with Gasteiger partial charge in [-0.1, -0.05) is 11.2 Å². The van der Waals surface area contributed by atoms with Crippen LogP contribution in [0.4, 0.5) is 0 Å². The molecule has 7 nitrogen and oxygen atoms in total. The number of hydrogen-bond acceptors (Lipinski definition) is 7. The standard InChI is InChI=1S/C15H16N2O5/c1-10-16-14(22-17-10)9-21-12-6-4-11(8-13(12)19-2)5-7-15(18)20-3/h4-8H,9H2,1-3H3. The quantitative estimate of drug-likeness (QED) is 0.597. The molecule has 0 aliphatic carbocycles. The molecule has 116 valence electrons. The predicted molar refractivity (Wildman–Crippen MR) is 77.4 cm³/mol. The second kappa shape index (κ2) is 7.26. The molecular formula is C15H16N2O5. The van der Waals surface area contributed by atoms with Crippen LogP contribution in [0.3, 0.4) is 0 Å². The molecule has 0 spiro atoms. The summed E-state index contributed by atoms with van der Waals surface area (Å²) in [7, 11) is 2.86. The largest absolute Gasteiger partial charge is 0.493 e. The number of aromatic nitrogens is 2. The van der Waals surface area contributed by atoms with E-state index in [4.69, 9.17) is 14.0 Å². The normalized spacial score (nSPS) is 10.7. The molecule has 0 amide bonds. The summed E-state index contributed by atoms with van der Waals surface area (Å²) in [6.07, 6.45) is 2.95. The Morgan fingerprint density at radius 2 is 2.14 bits per heavy atom. The van der Waals surface area contributed by atoms with E-state index in [-0.39, 0.29) is 6.61 Å². The minimum absolute atomic E-state index is 0.147. The van der Waals surface area contributed by atoms with Gasteiger partial charge in [-0.15, -0.1) is 0 Å². The lowest BCUT2D eigenvalue weighted by molar-refractivity contribution is -0.134. The highest BCUT2D eigenvalue weighted by atomic mass is 16.5. The summed E-state index contributed by atoms with van der Waals surface area (Å²) < 4.78 is 20.4. The van der Waals surface area contributed by atoms with Crippen LogP contribution in [-0.2, 0) is 16.1 Å². The smallest absolute Gasteiger partial charge is 0.330 e. The van der Waals surface area contributed by atoms with Crippen molar-refractivity contribution in [2.45, 2.75) is 13.5 Å². The van der Waals surface area contributed by atoms with Gasteiger partial charge in [0, 0.05) is 6.08 Å². The molecule has 0 unspecified atom stereocenters. The maximum Gasteiger partial charge on any atom is 0.330 e. The summed E-state index contributed by atoms with van der Waals surface area (Å²) in [6.45, 7) is 1.88. The highest BCUT2D eigenvalue weighted by molar-refractivity contribution is 5.87. The van der Waals surface area contributed by atoms with Crippen LogP contribution in [0.25, 0.3) is 6.08 Å². The highest BCUT2D eigenvalue weighted by Crippen LogP contribution is 2.29. The van der Waals surface area contributed by atoms with Crippen molar-refractivity contribution >= 4 is 12.0 Å². The van der Waals surface area contributed by atoms with E-state index in [1.807, 2.05) is 0 Å². The lowest BCUT2D eigenvalue weighted by Crippen LogP contribution is -1.98. The van der Waals surface area contributed by atoms with Gasteiger partial charge < -0.3 is 18.7 Å². The summed E-state index contributed by atoms with van der Waals surface area (Å²) >= 11 is 0. The Balaban J connectivity index is 2.08. The lowest BCUT2D eigenvalue weighted by atomic mass is 10.2. The van der Waals surface area contributed by atoms with Gasteiger partial charge in [0.2, 0.25) is 0 Å². The van der Waals surface area contributed by atoms with E-state index >= 15 is 0 Å². The molecule has 22 heavy (non-hydrogen) atoms. The number of carbonyl (C=O) groups excluding carboxylic acids is 1. The van der Waals surface area contributed by atoms with Crippen LogP contribution in [0.5, 0.6) is 11.5 Å². The van der Waals surface area contributed by atoms with Gasteiger partial charge in [-0.2, -0.15) is 4.98 Å². The van der Waals surface area contributed by atoms with Crippen molar-refractivity contribution in [1.29, 1.82) is 0 Å². The first-order chi connectivity index (χ1) is 10.6. The molecule has 0 saturated heterocycles. The minimum atomic E-state index is -0.425. The van der Waals surface area contributed by atoms with Crippen LogP contribution in [0.15, 0.2) is 28.8 Å². The topological polar surface area (TPSA) is 83.7 Å². The molecular weight excluding hydrogens is 288 g/mol. The number of carbonyl (C=O) groups is 1. The molecule has 1 aromatic carbocycles. The van der Waals surface area contributed by atoms with Crippen LogP contribution in [0.2, 0.25) is 0 Å². The van der Waals surface area contributed by atoms with Crippen molar-refractivity contribution in [2.24, 2.45) is 0 Å². The molecule has 1 aromatic heterocycles. The molecule has 1 heterocycles. The average Bonchev–Trinajstić information content (AvgIpc) is 2.96. The summed E-state index contributed by atoms with van der Waals surface area (Å²) in [4.78, 5) is 15.1. The highest BCUT2D eigenvalue weighted by Gasteiger charge is 2.08. The van der Waals surface area contributed by atoms with Gasteiger partial charge in [0.1, 0.15) is 0 Å². The maximum atomic E-state index is 11.1. The van der Waals surface area contributed by atoms with Gasteiger partial charge in [0.15, 0.2) is 23.9 Å². The van der Waals surface area contributed by atoms with Gasteiger partial charge >= 0.3 is 5.97 Å². The molecule has 0 N–H and O–H groups in total. The van der Waals surface area contributed by atoms with E-state index in [2.05, 4.69) is 14.9 Å². The van der Waals surface area contributed by atoms with Gasteiger partial charge in [-0.05, 0) is 30.7 Å². The van der Waals surface area contributed by atoms with Crippen LogP contribution in [0, 0.1) is 6.92 Å². The van der Waals surface area contributed by atoms with Crippen molar-refractivity contribution < 1.29 is 23.5 Å².